The summed E-state index contributed by atoms with van der Waals surface area (Å²) in [5, 5.41) is 0. The Morgan fingerprint density at radius 2 is 1.53 bits per heavy atom. The van der Waals surface area contributed by atoms with Gasteiger partial charge in [0, 0.05) is 27.2 Å². The largest absolute Gasteiger partial charge is 0.332 e. The monoisotopic (exact) mass is 439 g/mol. The number of imidazole rings is 1. The molecule has 3 rings (SSSR count). The van der Waals surface area contributed by atoms with E-state index in [1.165, 1.54) is 53.8 Å². The van der Waals surface area contributed by atoms with Gasteiger partial charge in [-0.2, -0.15) is 0 Å². The first-order valence-corrected chi connectivity index (χ1v) is 11.8. The molecule has 0 aliphatic heterocycles. The number of rotatable bonds is 12. The minimum absolute atomic E-state index is 0.268. The molecule has 0 atom stereocenters. The maximum atomic E-state index is 13.0. The smallest absolute Gasteiger partial charge is 0.321 e. The predicted molar refractivity (Wildman–Crippen MR) is 130 cm³/mol. The lowest BCUT2D eigenvalue weighted by Gasteiger charge is -2.17. The molecule has 0 saturated heterocycles. The molecule has 0 saturated carbocycles. The van der Waals surface area contributed by atoms with Crippen molar-refractivity contribution >= 4 is 11.2 Å². The molecule has 0 unspecified atom stereocenters. The zero-order chi connectivity index (χ0) is 23.1. The van der Waals surface area contributed by atoms with Crippen molar-refractivity contribution in [1.82, 2.24) is 23.6 Å². The van der Waals surface area contributed by atoms with E-state index in [-0.39, 0.29) is 11.2 Å². The lowest BCUT2D eigenvalue weighted by Crippen LogP contribution is -2.37. The summed E-state index contributed by atoms with van der Waals surface area (Å²) in [4.78, 5) is 32.4. The summed E-state index contributed by atoms with van der Waals surface area (Å²) in [6, 6.07) is 10.3. The van der Waals surface area contributed by atoms with Crippen LogP contribution in [0.25, 0.3) is 11.2 Å². The lowest BCUT2D eigenvalue weighted by atomic mass is 10.1. The minimum atomic E-state index is -0.340. The Hall–Kier alpha value is -2.67. The van der Waals surface area contributed by atoms with E-state index in [4.69, 9.17) is 4.98 Å². The van der Waals surface area contributed by atoms with E-state index in [1.807, 2.05) is 22.8 Å². The molecule has 32 heavy (non-hydrogen) atoms. The Morgan fingerprint density at radius 1 is 0.875 bits per heavy atom. The molecule has 0 aliphatic carbocycles. The quantitative estimate of drug-likeness (QED) is 0.403. The van der Waals surface area contributed by atoms with Gasteiger partial charge in [0.05, 0.1) is 6.54 Å². The molecule has 174 valence electrons. The topological polar surface area (TPSA) is 65.1 Å². The second kappa shape index (κ2) is 11.3. The molecule has 0 radical (unpaired) electrons. The van der Waals surface area contributed by atoms with Crippen molar-refractivity contribution in [3.8, 4) is 0 Å². The van der Waals surface area contributed by atoms with E-state index in [2.05, 4.69) is 31.0 Å². The van der Waals surface area contributed by atoms with Gasteiger partial charge in [-0.05, 0) is 19.0 Å². The normalized spacial score (nSPS) is 11.7. The van der Waals surface area contributed by atoms with E-state index in [0.717, 1.165) is 31.8 Å². The van der Waals surface area contributed by atoms with Crippen LogP contribution in [-0.4, -0.2) is 30.6 Å². The van der Waals surface area contributed by atoms with Crippen LogP contribution in [0, 0.1) is 0 Å². The maximum Gasteiger partial charge on any atom is 0.332 e. The van der Waals surface area contributed by atoms with Crippen LogP contribution in [0.1, 0.15) is 63.3 Å². The molecule has 0 fully saturated rings. The summed E-state index contributed by atoms with van der Waals surface area (Å²) in [5.74, 6) is 0.836. The van der Waals surface area contributed by atoms with Gasteiger partial charge in [-0.15, -0.1) is 0 Å². The number of aryl methyl sites for hydroxylation is 2. The number of nitrogens with zero attached hydrogens (tertiary/aromatic N) is 5. The van der Waals surface area contributed by atoms with Crippen LogP contribution in [0.3, 0.4) is 0 Å². The minimum Gasteiger partial charge on any atom is -0.321 e. The molecule has 7 nitrogen and oxygen atoms in total. The van der Waals surface area contributed by atoms with Gasteiger partial charge in [0.25, 0.3) is 5.56 Å². The number of aromatic nitrogens is 4. The average Bonchev–Trinajstić information content (AvgIpc) is 3.14. The Kier molecular flexibility index (Phi) is 8.45. The number of fused-ring (bicyclic) bond motifs is 1. The van der Waals surface area contributed by atoms with Crippen LogP contribution in [0.4, 0.5) is 0 Å². The SMILES string of the molecule is CCCCCCCCCn1c(CN(C)Cc2ccccc2)nc2c1c(=O)n(C)c(=O)n2C. The van der Waals surface area contributed by atoms with Gasteiger partial charge >= 0.3 is 5.69 Å². The van der Waals surface area contributed by atoms with Crippen molar-refractivity contribution in [2.75, 3.05) is 7.05 Å². The first-order chi connectivity index (χ1) is 15.4. The molecule has 0 bridgehead atoms. The molecular weight excluding hydrogens is 402 g/mol. The molecule has 2 aromatic heterocycles. The van der Waals surface area contributed by atoms with Crippen LogP contribution >= 0.6 is 0 Å². The van der Waals surface area contributed by atoms with Gasteiger partial charge in [0.15, 0.2) is 11.2 Å². The van der Waals surface area contributed by atoms with E-state index in [0.29, 0.717) is 17.7 Å². The summed E-state index contributed by atoms with van der Waals surface area (Å²) < 4.78 is 4.71. The Morgan fingerprint density at radius 3 is 2.22 bits per heavy atom. The molecule has 3 aromatic rings. The van der Waals surface area contributed by atoms with Crippen LogP contribution in [0.2, 0.25) is 0 Å². The fourth-order valence-electron chi connectivity index (χ4n) is 4.27. The maximum absolute atomic E-state index is 13.0. The lowest BCUT2D eigenvalue weighted by molar-refractivity contribution is 0.305. The summed E-state index contributed by atoms with van der Waals surface area (Å²) >= 11 is 0. The van der Waals surface area contributed by atoms with Crippen LogP contribution in [0.15, 0.2) is 39.9 Å². The number of unbranched alkanes of at least 4 members (excludes halogenated alkanes) is 6. The standard InChI is InChI=1S/C25H37N5O2/c1-5-6-7-8-9-10-14-17-30-21(19-27(2)18-20-15-12-11-13-16-20)26-23-22(30)24(31)29(4)25(32)28(23)3/h11-13,15-16H,5-10,14,17-19H2,1-4H3. The van der Waals surface area contributed by atoms with E-state index in [9.17, 15) is 9.59 Å². The van der Waals surface area contributed by atoms with Gasteiger partial charge < -0.3 is 4.57 Å². The van der Waals surface area contributed by atoms with Crippen molar-refractivity contribution in [2.45, 2.75) is 71.5 Å². The van der Waals surface area contributed by atoms with E-state index in [1.54, 1.807) is 7.05 Å². The zero-order valence-electron chi connectivity index (χ0n) is 20.0. The van der Waals surface area contributed by atoms with Gasteiger partial charge in [-0.25, -0.2) is 9.78 Å². The van der Waals surface area contributed by atoms with Gasteiger partial charge in [-0.1, -0.05) is 75.8 Å². The first kappa shape index (κ1) is 24.0. The number of benzene rings is 1. The Labute approximate surface area is 190 Å². The van der Waals surface area contributed by atoms with E-state index >= 15 is 0 Å². The van der Waals surface area contributed by atoms with Crippen molar-refractivity contribution in [3.05, 3.63) is 62.6 Å². The van der Waals surface area contributed by atoms with Crippen molar-refractivity contribution in [3.63, 3.8) is 0 Å². The Balaban J connectivity index is 1.84. The predicted octanol–water partition coefficient (Wildman–Crippen LogP) is 3.82. The summed E-state index contributed by atoms with van der Waals surface area (Å²) in [5.41, 5.74) is 1.63. The highest BCUT2D eigenvalue weighted by Gasteiger charge is 2.19. The van der Waals surface area contributed by atoms with Gasteiger partial charge in [0.2, 0.25) is 0 Å². The molecule has 0 spiro atoms. The second-order valence-corrected chi connectivity index (χ2v) is 8.84. The molecule has 2 heterocycles. The molecule has 7 heteroatoms. The zero-order valence-corrected chi connectivity index (χ0v) is 20.0. The average molecular weight is 440 g/mol. The van der Waals surface area contributed by atoms with Crippen molar-refractivity contribution < 1.29 is 0 Å². The molecule has 0 amide bonds. The van der Waals surface area contributed by atoms with Gasteiger partial charge in [0.1, 0.15) is 5.82 Å². The van der Waals surface area contributed by atoms with E-state index < -0.39 is 0 Å². The molecule has 0 aliphatic rings. The summed E-state index contributed by atoms with van der Waals surface area (Å²) in [6.45, 7) is 4.37. The van der Waals surface area contributed by atoms with Crippen molar-refractivity contribution in [2.24, 2.45) is 14.1 Å². The summed E-state index contributed by atoms with van der Waals surface area (Å²) in [7, 11) is 5.28. The molecule has 1 aromatic carbocycles. The van der Waals surface area contributed by atoms with Gasteiger partial charge in [-0.3, -0.25) is 18.8 Å². The second-order valence-electron chi connectivity index (χ2n) is 8.84. The number of hydrogen-bond donors (Lipinski definition) is 0. The van der Waals surface area contributed by atoms with Crippen molar-refractivity contribution in [1.29, 1.82) is 0 Å². The highest BCUT2D eigenvalue weighted by molar-refractivity contribution is 5.71. The fraction of sp³-hybridized carbons (Fsp3) is 0.560. The molecular formula is C25H37N5O2. The number of hydrogen-bond acceptors (Lipinski definition) is 4. The first-order valence-electron chi connectivity index (χ1n) is 11.8. The highest BCUT2D eigenvalue weighted by atomic mass is 16.2. The fourth-order valence-corrected chi connectivity index (χ4v) is 4.27. The van der Waals surface area contributed by atoms with Crippen LogP contribution in [0.5, 0.6) is 0 Å². The third-order valence-electron chi connectivity index (χ3n) is 6.12. The van der Waals surface area contributed by atoms with Crippen LogP contribution < -0.4 is 11.2 Å². The third-order valence-corrected chi connectivity index (χ3v) is 6.12. The highest BCUT2D eigenvalue weighted by Crippen LogP contribution is 2.16. The van der Waals surface area contributed by atoms with Crippen LogP contribution in [-0.2, 0) is 33.7 Å². The third kappa shape index (κ3) is 5.57. The molecule has 0 N–H and O–H groups in total. The Bertz CT molecular complexity index is 1130. The summed E-state index contributed by atoms with van der Waals surface area (Å²) in [6.07, 6.45) is 8.46.